The molecule has 0 saturated heterocycles. The number of amides is 1. The van der Waals surface area contributed by atoms with E-state index in [2.05, 4.69) is 20.8 Å². The number of para-hydroxylation sites is 1. The maximum atomic E-state index is 13.0. The van der Waals surface area contributed by atoms with Gasteiger partial charge in [-0.05, 0) is 33.7 Å². The van der Waals surface area contributed by atoms with Gasteiger partial charge in [-0.2, -0.15) is 4.68 Å². The molecule has 0 aliphatic heterocycles. The second kappa shape index (κ2) is 9.44. The number of nitrogens with one attached hydrogen (secondary N) is 1. The second-order valence-corrected chi connectivity index (χ2v) is 7.78. The van der Waals surface area contributed by atoms with Crippen LogP contribution in [0.3, 0.4) is 0 Å². The van der Waals surface area contributed by atoms with Crippen LogP contribution in [0.2, 0.25) is 0 Å². The minimum absolute atomic E-state index is 0.0676. The van der Waals surface area contributed by atoms with Gasteiger partial charge < -0.3 is 10.4 Å². The minimum atomic E-state index is -1.73. The van der Waals surface area contributed by atoms with Gasteiger partial charge in [0.25, 0.3) is 0 Å². The van der Waals surface area contributed by atoms with Crippen molar-refractivity contribution in [2.45, 2.75) is 10.7 Å². The van der Waals surface area contributed by atoms with Crippen molar-refractivity contribution < 1.29 is 14.7 Å². The molecule has 0 atom stereocenters. The molecule has 1 heterocycles. The highest BCUT2D eigenvalue weighted by Gasteiger charge is 2.43. The average Bonchev–Trinajstić information content (AvgIpc) is 3.31. The number of aliphatic carboxylic acids is 1. The van der Waals surface area contributed by atoms with Crippen LogP contribution in [-0.2, 0) is 15.1 Å². The standard InChI is InChI=1S/C23H19N5O3S/c29-20(16-32-22-25-26-27-28(22)19-14-8-3-9-15-19)24-23(21(30)31,17-10-4-1-5-11-17)18-12-6-2-7-13-18/h1-15H,16H2,(H,24,29)(H,30,31). The average molecular weight is 446 g/mol. The molecule has 0 aliphatic carbocycles. The van der Waals surface area contributed by atoms with E-state index >= 15 is 0 Å². The maximum absolute atomic E-state index is 13.0. The Labute approximate surface area is 188 Å². The third-order valence-corrected chi connectivity index (χ3v) is 5.75. The number of nitrogens with zero attached hydrogens (tertiary/aromatic N) is 4. The topological polar surface area (TPSA) is 110 Å². The van der Waals surface area contributed by atoms with Crippen LogP contribution in [0.4, 0.5) is 0 Å². The molecule has 0 bridgehead atoms. The van der Waals surface area contributed by atoms with Gasteiger partial charge in [0.1, 0.15) is 0 Å². The molecule has 1 aromatic heterocycles. The predicted octanol–water partition coefficient (Wildman–Crippen LogP) is 2.90. The van der Waals surface area contributed by atoms with Crippen LogP contribution in [0.5, 0.6) is 0 Å². The Bertz CT molecular complexity index is 1160. The van der Waals surface area contributed by atoms with Gasteiger partial charge >= 0.3 is 5.97 Å². The number of benzene rings is 3. The Morgan fingerprint density at radius 1 is 0.875 bits per heavy atom. The largest absolute Gasteiger partial charge is 0.479 e. The summed E-state index contributed by atoms with van der Waals surface area (Å²) in [7, 11) is 0. The van der Waals surface area contributed by atoms with Crippen molar-refractivity contribution in [3.05, 3.63) is 102 Å². The van der Waals surface area contributed by atoms with Gasteiger partial charge in [-0.15, -0.1) is 5.10 Å². The molecular formula is C23H19N5O3S. The molecule has 9 heteroatoms. The third-order valence-electron chi connectivity index (χ3n) is 4.84. The van der Waals surface area contributed by atoms with E-state index in [4.69, 9.17) is 0 Å². The Morgan fingerprint density at radius 2 is 1.41 bits per heavy atom. The molecule has 32 heavy (non-hydrogen) atoms. The van der Waals surface area contributed by atoms with Crippen LogP contribution in [0, 0.1) is 0 Å². The number of aromatic nitrogens is 4. The van der Waals surface area contributed by atoms with E-state index in [0.717, 1.165) is 17.4 Å². The number of carbonyl (C=O) groups excluding carboxylic acids is 1. The molecule has 0 radical (unpaired) electrons. The van der Waals surface area contributed by atoms with Gasteiger partial charge in [-0.3, -0.25) is 4.79 Å². The van der Waals surface area contributed by atoms with Crippen molar-refractivity contribution in [2.24, 2.45) is 0 Å². The lowest BCUT2D eigenvalue weighted by atomic mass is 9.82. The molecule has 0 unspecified atom stereocenters. The summed E-state index contributed by atoms with van der Waals surface area (Å²) in [5.74, 6) is -1.71. The van der Waals surface area contributed by atoms with Gasteiger partial charge in [-0.25, -0.2) is 4.79 Å². The van der Waals surface area contributed by atoms with E-state index in [-0.39, 0.29) is 5.75 Å². The Balaban J connectivity index is 1.60. The summed E-state index contributed by atoms with van der Waals surface area (Å²) in [4.78, 5) is 25.6. The van der Waals surface area contributed by atoms with Crippen LogP contribution < -0.4 is 5.32 Å². The van der Waals surface area contributed by atoms with Crippen LogP contribution >= 0.6 is 11.8 Å². The number of hydrogen-bond donors (Lipinski definition) is 2. The lowest BCUT2D eigenvalue weighted by Gasteiger charge is -2.31. The summed E-state index contributed by atoms with van der Waals surface area (Å²) in [5.41, 5.74) is -0.0721. The molecule has 0 aliphatic rings. The van der Waals surface area contributed by atoms with E-state index in [1.54, 1.807) is 60.7 Å². The van der Waals surface area contributed by atoms with Crippen molar-refractivity contribution in [1.82, 2.24) is 25.5 Å². The van der Waals surface area contributed by atoms with Gasteiger partial charge in [0.2, 0.25) is 11.1 Å². The number of tetrazole rings is 1. The monoisotopic (exact) mass is 445 g/mol. The third kappa shape index (κ3) is 4.23. The number of carboxylic acids is 1. The molecule has 0 saturated carbocycles. The number of rotatable bonds is 8. The fourth-order valence-corrected chi connectivity index (χ4v) is 4.05. The van der Waals surface area contributed by atoms with Crippen LogP contribution in [0.1, 0.15) is 11.1 Å². The van der Waals surface area contributed by atoms with E-state index in [0.29, 0.717) is 16.3 Å². The molecule has 1 amide bonds. The highest BCUT2D eigenvalue weighted by molar-refractivity contribution is 7.99. The first kappa shape index (κ1) is 21.3. The van der Waals surface area contributed by atoms with Crippen molar-refractivity contribution in [2.75, 3.05) is 5.75 Å². The van der Waals surface area contributed by atoms with Gasteiger partial charge in [-0.1, -0.05) is 90.6 Å². The first-order valence-corrected chi connectivity index (χ1v) is 10.7. The minimum Gasteiger partial charge on any atom is -0.479 e. The summed E-state index contributed by atoms with van der Waals surface area (Å²) in [6.07, 6.45) is 0. The Morgan fingerprint density at radius 3 is 1.94 bits per heavy atom. The number of carboxylic acid groups (broad SMARTS) is 1. The van der Waals surface area contributed by atoms with Gasteiger partial charge in [0.15, 0.2) is 5.54 Å². The summed E-state index contributed by atoms with van der Waals surface area (Å²) in [5, 5.41) is 25.1. The summed E-state index contributed by atoms with van der Waals surface area (Å²) < 4.78 is 1.52. The molecule has 0 fully saturated rings. The van der Waals surface area contributed by atoms with E-state index < -0.39 is 17.4 Å². The summed E-state index contributed by atoms with van der Waals surface area (Å²) in [6.45, 7) is 0. The SMILES string of the molecule is O=C(CSc1nnnn1-c1ccccc1)NC(C(=O)O)(c1ccccc1)c1ccccc1. The zero-order valence-electron chi connectivity index (χ0n) is 16.8. The highest BCUT2D eigenvalue weighted by atomic mass is 32.2. The molecule has 160 valence electrons. The summed E-state index contributed by atoms with van der Waals surface area (Å²) >= 11 is 1.12. The highest BCUT2D eigenvalue weighted by Crippen LogP contribution is 2.30. The normalized spacial score (nSPS) is 11.1. The first-order valence-electron chi connectivity index (χ1n) is 9.73. The Hall–Kier alpha value is -3.98. The fraction of sp³-hybridized carbons (Fsp3) is 0.0870. The predicted molar refractivity (Wildman–Crippen MR) is 119 cm³/mol. The van der Waals surface area contributed by atoms with Crippen LogP contribution in [0.25, 0.3) is 5.69 Å². The molecule has 2 N–H and O–H groups in total. The van der Waals surface area contributed by atoms with E-state index in [9.17, 15) is 14.7 Å². The molecule has 8 nitrogen and oxygen atoms in total. The molecular weight excluding hydrogens is 426 g/mol. The summed E-state index contributed by atoms with van der Waals surface area (Å²) in [6, 6.07) is 26.6. The van der Waals surface area contributed by atoms with Crippen molar-refractivity contribution in [3.63, 3.8) is 0 Å². The molecule has 4 aromatic rings. The van der Waals surface area contributed by atoms with Crippen molar-refractivity contribution >= 4 is 23.6 Å². The van der Waals surface area contributed by atoms with Crippen molar-refractivity contribution in [3.8, 4) is 5.69 Å². The van der Waals surface area contributed by atoms with E-state index in [1.165, 1.54) is 4.68 Å². The lowest BCUT2D eigenvalue weighted by molar-refractivity contribution is -0.145. The smallest absolute Gasteiger partial charge is 0.338 e. The number of carbonyl (C=O) groups is 2. The molecule has 4 rings (SSSR count). The molecule has 3 aromatic carbocycles. The lowest BCUT2D eigenvalue weighted by Crippen LogP contribution is -2.53. The Kier molecular flexibility index (Phi) is 6.27. The van der Waals surface area contributed by atoms with Crippen LogP contribution in [0.15, 0.2) is 96.2 Å². The number of thioether (sulfide) groups is 1. The molecule has 0 spiro atoms. The zero-order valence-corrected chi connectivity index (χ0v) is 17.6. The van der Waals surface area contributed by atoms with Gasteiger partial charge in [0, 0.05) is 0 Å². The second-order valence-electron chi connectivity index (χ2n) is 6.83. The number of hydrogen-bond acceptors (Lipinski definition) is 6. The first-order chi connectivity index (χ1) is 15.6. The zero-order chi connectivity index (χ0) is 22.4. The maximum Gasteiger partial charge on any atom is 0.338 e. The van der Waals surface area contributed by atoms with Gasteiger partial charge in [0.05, 0.1) is 11.4 Å². The quantitative estimate of drug-likeness (QED) is 0.401. The van der Waals surface area contributed by atoms with E-state index in [1.807, 2.05) is 30.3 Å². The van der Waals surface area contributed by atoms with Crippen molar-refractivity contribution in [1.29, 1.82) is 0 Å². The fourth-order valence-electron chi connectivity index (χ4n) is 3.36. The van der Waals surface area contributed by atoms with Crippen LogP contribution in [-0.4, -0.2) is 42.9 Å².